The van der Waals surface area contributed by atoms with Crippen molar-refractivity contribution in [1.82, 2.24) is 0 Å². The van der Waals surface area contributed by atoms with Gasteiger partial charge in [-0.2, -0.15) is 0 Å². The molecular weight excluding hydrogens is 210 g/mol. The first-order chi connectivity index (χ1) is 7.97. The molecule has 1 aromatic rings. The molecule has 0 amide bonds. The Balaban J connectivity index is 2.63. The summed E-state index contributed by atoms with van der Waals surface area (Å²) < 4.78 is 0. The SMILES string of the molecule is CCN(CCC(C)(C)C(=N)N)c1ccccc1. The Bertz CT molecular complexity index is 357. The molecule has 94 valence electrons. The van der Waals surface area contributed by atoms with E-state index < -0.39 is 0 Å². The van der Waals surface area contributed by atoms with Gasteiger partial charge in [-0.15, -0.1) is 0 Å². The molecule has 0 aromatic heterocycles. The predicted octanol–water partition coefficient (Wildman–Crippen LogP) is 2.87. The van der Waals surface area contributed by atoms with E-state index in [1.54, 1.807) is 0 Å². The van der Waals surface area contributed by atoms with Gasteiger partial charge in [0.1, 0.15) is 0 Å². The maximum Gasteiger partial charge on any atom is 0.0963 e. The highest BCUT2D eigenvalue weighted by molar-refractivity contribution is 5.82. The van der Waals surface area contributed by atoms with Gasteiger partial charge in [-0.3, -0.25) is 5.41 Å². The fraction of sp³-hybridized carbons (Fsp3) is 0.500. The second-order valence-electron chi connectivity index (χ2n) is 4.96. The molecule has 0 spiro atoms. The highest BCUT2D eigenvalue weighted by Gasteiger charge is 2.22. The van der Waals surface area contributed by atoms with Crippen LogP contribution < -0.4 is 10.6 Å². The third-order valence-corrected chi connectivity index (χ3v) is 3.24. The number of nitrogens with zero attached hydrogens (tertiary/aromatic N) is 1. The van der Waals surface area contributed by atoms with Crippen LogP contribution in [0.1, 0.15) is 27.2 Å². The smallest absolute Gasteiger partial charge is 0.0963 e. The van der Waals surface area contributed by atoms with Crippen molar-refractivity contribution >= 4 is 11.5 Å². The lowest BCUT2D eigenvalue weighted by Crippen LogP contribution is -2.35. The van der Waals surface area contributed by atoms with Crippen molar-refractivity contribution in [1.29, 1.82) is 5.41 Å². The van der Waals surface area contributed by atoms with Gasteiger partial charge in [-0.05, 0) is 25.5 Å². The number of hydrogen-bond donors (Lipinski definition) is 2. The molecule has 0 atom stereocenters. The topological polar surface area (TPSA) is 53.1 Å². The molecule has 0 saturated heterocycles. The molecule has 0 aliphatic rings. The third kappa shape index (κ3) is 3.77. The van der Waals surface area contributed by atoms with E-state index in [-0.39, 0.29) is 11.3 Å². The fourth-order valence-corrected chi connectivity index (χ4v) is 1.66. The molecule has 0 heterocycles. The van der Waals surface area contributed by atoms with E-state index in [4.69, 9.17) is 11.1 Å². The van der Waals surface area contributed by atoms with E-state index in [0.717, 1.165) is 19.5 Å². The summed E-state index contributed by atoms with van der Waals surface area (Å²) in [6, 6.07) is 10.4. The van der Waals surface area contributed by atoms with Crippen LogP contribution in [0.4, 0.5) is 5.69 Å². The number of nitrogens with two attached hydrogens (primary N) is 1. The highest BCUT2D eigenvalue weighted by Crippen LogP contribution is 2.22. The van der Waals surface area contributed by atoms with E-state index >= 15 is 0 Å². The van der Waals surface area contributed by atoms with E-state index in [9.17, 15) is 0 Å². The molecule has 17 heavy (non-hydrogen) atoms. The van der Waals surface area contributed by atoms with E-state index in [1.165, 1.54) is 5.69 Å². The van der Waals surface area contributed by atoms with Gasteiger partial charge < -0.3 is 10.6 Å². The van der Waals surface area contributed by atoms with Gasteiger partial charge in [0.2, 0.25) is 0 Å². The lowest BCUT2D eigenvalue weighted by Gasteiger charge is -2.29. The zero-order valence-electron chi connectivity index (χ0n) is 11.0. The first-order valence-corrected chi connectivity index (χ1v) is 6.12. The summed E-state index contributed by atoms with van der Waals surface area (Å²) in [4.78, 5) is 2.31. The molecule has 0 unspecified atom stereocenters. The largest absolute Gasteiger partial charge is 0.387 e. The maximum atomic E-state index is 7.56. The number of rotatable bonds is 6. The zero-order valence-corrected chi connectivity index (χ0v) is 11.0. The molecule has 3 nitrogen and oxygen atoms in total. The van der Waals surface area contributed by atoms with Gasteiger partial charge in [0.05, 0.1) is 5.84 Å². The van der Waals surface area contributed by atoms with Crippen molar-refractivity contribution in [3.05, 3.63) is 30.3 Å². The van der Waals surface area contributed by atoms with Crippen LogP contribution in [0.15, 0.2) is 30.3 Å². The number of nitrogens with one attached hydrogen (secondary N) is 1. The Kier molecular flexibility index (Phi) is 4.55. The van der Waals surface area contributed by atoms with Crippen molar-refractivity contribution in [3.8, 4) is 0 Å². The minimum atomic E-state index is -0.220. The molecule has 3 heteroatoms. The summed E-state index contributed by atoms with van der Waals surface area (Å²) >= 11 is 0. The Morgan fingerprint density at radius 3 is 2.35 bits per heavy atom. The molecule has 0 aliphatic heterocycles. The second-order valence-corrected chi connectivity index (χ2v) is 4.96. The third-order valence-electron chi connectivity index (χ3n) is 3.24. The van der Waals surface area contributed by atoms with E-state index in [2.05, 4.69) is 24.0 Å². The number of para-hydroxylation sites is 1. The van der Waals surface area contributed by atoms with Crippen LogP contribution in [0.25, 0.3) is 0 Å². The number of hydrogen-bond acceptors (Lipinski definition) is 2. The van der Waals surface area contributed by atoms with Crippen LogP contribution in [0.3, 0.4) is 0 Å². The van der Waals surface area contributed by atoms with Crippen molar-refractivity contribution in [2.75, 3.05) is 18.0 Å². The standard InChI is InChI=1S/C14H23N3/c1-4-17(12-8-6-5-7-9-12)11-10-14(2,3)13(15)16/h5-9H,4,10-11H2,1-3H3,(H3,15,16). The quantitative estimate of drug-likeness (QED) is 0.586. The summed E-state index contributed by atoms with van der Waals surface area (Å²) in [5.41, 5.74) is 6.61. The van der Waals surface area contributed by atoms with Crippen molar-refractivity contribution in [2.24, 2.45) is 11.1 Å². The van der Waals surface area contributed by atoms with Crippen LogP contribution in [0, 0.1) is 10.8 Å². The average molecular weight is 233 g/mol. The number of amidine groups is 1. The average Bonchev–Trinajstić information content (AvgIpc) is 2.31. The molecule has 3 N–H and O–H groups in total. The predicted molar refractivity (Wildman–Crippen MR) is 74.6 cm³/mol. The molecule has 0 radical (unpaired) electrons. The van der Waals surface area contributed by atoms with Gasteiger partial charge in [-0.1, -0.05) is 32.0 Å². The second kappa shape index (κ2) is 5.71. The Hall–Kier alpha value is -1.51. The van der Waals surface area contributed by atoms with E-state index in [0.29, 0.717) is 0 Å². The van der Waals surface area contributed by atoms with Gasteiger partial charge in [-0.25, -0.2) is 0 Å². The molecule has 0 saturated carbocycles. The molecule has 1 rings (SSSR count). The maximum absolute atomic E-state index is 7.56. The Morgan fingerprint density at radius 2 is 1.88 bits per heavy atom. The molecular formula is C14H23N3. The lowest BCUT2D eigenvalue weighted by molar-refractivity contribution is 0.467. The summed E-state index contributed by atoms with van der Waals surface area (Å²) in [5, 5.41) is 7.56. The minimum absolute atomic E-state index is 0.220. The summed E-state index contributed by atoms with van der Waals surface area (Å²) in [6.07, 6.45) is 0.894. The number of benzene rings is 1. The van der Waals surface area contributed by atoms with Crippen LogP contribution in [-0.4, -0.2) is 18.9 Å². The van der Waals surface area contributed by atoms with Crippen LogP contribution >= 0.6 is 0 Å². The molecule has 0 aliphatic carbocycles. The normalized spacial score (nSPS) is 11.2. The van der Waals surface area contributed by atoms with Gasteiger partial charge >= 0.3 is 0 Å². The minimum Gasteiger partial charge on any atom is -0.387 e. The summed E-state index contributed by atoms with van der Waals surface area (Å²) in [7, 11) is 0. The van der Waals surface area contributed by atoms with E-state index in [1.807, 2.05) is 32.0 Å². The summed E-state index contributed by atoms with van der Waals surface area (Å²) in [6.45, 7) is 8.08. The Labute approximate surface area is 104 Å². The first kappa shape index (κ1) is 13.6. The van der Waals surface area contributed by atoms with Crippen LogP contribution in [0.2, 0.25) is 0 Å². The van der Waals surface area contributed by atoms with Gasteiger partial charge in [0.25, 0.3) is 0 Å². The zero-order chi connectivity index (χ0) is 12.9. The fourth-order valence-electron chi connectivity index (χ4n) is 1.66. The van der Waals surface area contributed by atoms with Gasteiger partial charge in [0.15, 0.2) is 0 Å². The lowest BCUT2D eigenvalue weighted by atomic mass is 9.88. The molecule has 1 aromatic carbocycles. The van der Waals surface area contributed by atoms with Crippen LogP contribution in [0.5, 0.6) is 0 Å². The highest BCUT2D eigenvalue weighted by atomic mass is 15.1. The Morgan fingerprint density at radius 1 is 1.29 bits per heavy atom. The summed E-state index contributed by atoms with van der Waals surface area (Å²) in [5.74, 6) is 0.265. The first-order valence-electron chi connectivity index (χ1n) is 6.12. The van der Waals surface area contributed by atoms with Gasteiger partial charge in [0, 0.05) is 24.2 Å². The molecule has 0 bridgehead atoms. The molecule has 0 fully saturated rings. The number of anilines is 1. The van der Waals surface area contributed by atoms with Crippen LogP contribution in [-0.2, 0) is 0 Å². The van der Waals surface area contributed by atoms with Crippen molar-refractivity contribution in [2.45, 2.75) is 27.2 Å². The van der Waals surface area contributed by atoms with Crippen molar-refractivity contribution < 1.29 is 0 Å². The monoisotopic (exact) mass is 233 g/mol. The van der Waals surface area contributed by atoms with Crippen molar-refractivity contribution in [3.63, 3.8) is 0 Å².